The van der Waals surface area contributed by atoms with Gasteiger partial charge in [0.05, 0.1) is 27.1 Å². The molecule has 158 valence electrons. The molecule has 0 aliphatic heterocycles. The lowest BCUT2D eigenvalue weighted by molar-refractivity contribution is -0.137. The number of amides is 1. The van der Waals surface area contributed by atoms with Crippen LogP contribution in [0.3, 0.4) is 0 Å². The molecule has 0 aliphatic rings. The van der Waals surface area contributed by atoms with Crippen LogP contribution in [0.2, 0.25) is 5.02 Å². The molecule has 1 aromatic heterocycles. The number of rotatable bonds is 5. The molecule has 3 aromatic rings. The number of aromatic nitrogens is 3. The van der Waals surface area contributed by atoms with Gasteiger partial charge in [0.2, 0.25) is 11.1 Å². The van der Waals surface area contributed by atoms with E-state index in [1.807, 2.05) is 0 Å². The van der Waals surface area contributed by atoms with Crippen molar-refractivity contribution < 1.29 is 22.4 Å². The molecule has 1 unspecified atom stereocenters. The molecule has 0 fully saturated rings. The molecule has 0 radical (unpaired) electrons. The predicted octanol–water partition coefficient (Wildman–Crippen LogP) is 4.59. The zero-order valence-electron chi connectivity index (χ0n) is 15.2. The number of carbonyl (C=O) groups is 1. The molecule has 0 saturated carbocycles. The number of anilines is 1. The maximum absolute atomic E-state index is 14.0. The minimum absolute atomic E-state index is 0.0441. The van der Waals surface area contributed by atoms with E-state index in [0.29, 0.717) is 0 Å². The van der Waals surface area contributed by atoms with E-state index in [-0.39, 0.29) is 27.3 Å². The number of nitrogens with one attached hydrogen (secondary N) is 1. The third-order valence-corrected chi connectivity index (χ3v) is 5.37. The highest BCUT2D eigenvalue weighted by Crippen LogP contribution is 2.34. The smallest absolute Gasteiger partial charge is 0.335 e. The molecule has 0 spiro atoms. The first-order chi connectivity index (χ1) is 14.1. The minimum Gasteiger partial charge on any atom is -0.335 e. The average molecular weight is 460 g/mol. The molecule has 1 atom stereocenters. The summed E-state index contributed by atoms with van der Waals surface area (Å²) in [5.41, 5.74) is -0.990. The van der Waals surface area contributed by atoms with Crippen molar-refractivity contribution in [3.8, 4) is 11.4 Å². The number of carbonyl (C=O) groups excluding carboxylic acids is 1. The zero-order valence-corrected chi connectivity index (χ0v) is 16.8. The van der Waals surface area contributed by atoms with Crippen molar-refractivity contribution in [3.05, 3.63) is 58.9 Å². The van der Waals surface area contributed by atoms with Crippen molar-refractivity contribution >= 4 is 35.0 Å². The Balaban J connectivity index is 1.75. The lowest BCUT2D eigenvalue weighted by atomic mass is 10.2. The molecule has 1 amide bonds. The molecule has 6 nitrogen and oxygen atoms in total. The highest BCUT2D eigenvalue weighted by atomic mass is 35.5. The summed E-state index contributed by atoms with van der Waals surface area (Å²) in [7, 11) is 0. The molecular formula is C18H14ClF4N5OS. The summed E-state index contributed by atoms with van der Waals surface area (Å²) >= 11 is 6.79. The number of halogens is 5. The molecule has 3 rings (SSSR count). The number of nitrogens with two attached hydrogens (primary N) is 1. The van der Waals surface area contributed by atoms with Crippen LogP contribution < -0.4 is 11.2 Å². The van der Waals surface area contributed by atoms with E-state index >= 15 is 0 Å². The fourth-order valence-electron chi connectivity index (χ4n) is 2.43. The van der Waals surface area contributed by atoms with Gasteiger partial charge < -0.3 is 11.2 Å². The molecule has 30 heavy (non-hydrogen) atoms. The number of hydrogen-bond acceptors (Lipinski definition) is 5. The van der Waals surface area contributed by atoms with Crippen molar-refractivity contribution in [2.45, 2.75) is 23.5 Å². The quantitative estimate of drug-likeness (QED) is 0.331. The molecule has 1 heterocycles. The lowest BCUT2D eigenvalue weighted by Crippen LogP contribution is -2.24. The second kappa shape index (κ2) is 8.52. The third kappa shape index (κ3) is 4.68. The first-order valence-corrected chi connectivity index (χ1v) is 9.63. The fraction of sp³-hybridized carbons (Fsp3) is 0.167. The van der Waals surface area contributed by atoms with Gasteiger partial charge in [-0.3, -0.25) is 4.79 Å². The van der Waals surface area contributed by atoms with Crippen LogP contribution in [0.15, 0.2) is 47.6 Å². The average Bonchev–Trinajstić information content (AvgIpc) is 3.03. The highest BCUT2D eigenvalue weighted by molar-refractivity contribution is 8.00. The fourth-order valence-corrected chi connectivity index (χ4v) is 3.36. The van der Waals surface area contributed by atoms with Crippen LogP contribution in [0.4, 0.5) is 23.2 Å². The number of alkyl halides is 3. The van der Waals surface area contributed by atoms with Crippen molar-refractivity contribution in [2.24, 2.45) is 0 Å². The van der Waals surface area contributed by atoms with Crippen LogP contribution in [0.5, 0.6) is 0 Å². The predicted molar refractivity (Wildman–Crippen MR) is 106 cm³/mol. The normalized spacial score (nSPS) is 12.6. The Morgan fingerprint density at radius 2 is 1.93 bits per heavy atom. The van der Waals surface area contributed by atoms with Crippen LogP contribution in [0, 0.1) is 5.82 Å². The van der Waals surface area contributed by atoms with Crippen molar-refractivity contribution in [1.82, 2.24) is 14.9 Å². The summed E-state index contributed by atoms with van der Waals surface area (Å²) in [6, 6.07) is 8.45. The van der Waals surface area contributed by atoms with Crippen molar-refractivity contribution in [2.75, 3.05) is 11.2 Å². The van der Waals surface area contributed by atoms with E-state index in [1.165, 1.54) is 25.1 Å². The third-order valence-electron chi connectivity index (χ3n) is 3.98. The number of nitrogens with zero attached hydrogens (tertiary/aromatic N) is 3. The molecule has 0 aliphatic carbocycles. The monoisotopic (exact) mass is 459 g/mol. The largest absolute Gasteiger partial charge is 0.416 e. The Hall–Kier alpha value is -2.79. The van der Waals surface area contributed by atoms with E-state index in [9.17, 15) is 22.4 Å². The van der Waals surface area contributed by atoms with Gasteiger partial charge in [-0.2, -0.15) is 13.2 Å². The molecule has 2 aromatic carbocycles. The van der Waals surface area contributed by atoms with Crippen LogP contribution in [0.1, 0.15) is 12.5 Å². The van der Waals surface area contributed by atoms with E-state index in [1.54, 1.807) is 6.07 Å². The van der Waals surface area contributed by atoms with Crippen LogP contribution in [-0.2, 0) is 11.0 Å². The maximum Gasteiger partial charge on any atom is 0.416 e. The van der Waals surface area contributed by atoms with Gasteiger partial charge in [-0.1, -0.05) is 35.5 Å². The molecule has 12 heteroatoms. The van der Waals surface area contributed by atoms with Gasteiger partial charge in [-0.05, 0) is 37.3 Å². The molecule has 0 bridgehead atoms. The van der Waals surface area contributed by atoms with E-state index in [4.69, 9.17) is 17.4 Å². The van der Waals surface area contributed by atoms with Gasteiger partial charge in [0, 0.05) is 0 Å². The van der Waals surface area contributed by atoms with E-state index in [2.05, 4.69) is 15.5 Å². The van der Waals surface area contributed by atoms with Crippen molar-refractivity contribution in [3.63, 3.8) is 0 Å². The molecular weight excluding hydrogens is 446 g/mol. The first kappa shape index (κ1) is 21.9. The van der Waals surface area contributed by atoms with Gasteiger partial charge in [0.1, 0.15) is 5.82 Å². The Kier molecular flexibility index (Phi) is 6.22. The van der Waals surface area contributed by atoms with Gasteiger partial charge in [0.15, 0.2) is 5.82 Å². The standard InChI is InChI=1S/C18H14ClF4N5OS/c1-9(16(29)25-14-8-10(18(21,22)23)6-7-12(14)19)30-17-27-26-15(28(17)24)11-4-2-3-5-13(11)20/h2-9H,24H2,1H3,(H,25,29). The Bertz CT molecular complexity index is 1090. The number of nitrogen functional groups attached to an aromatic ring is 1. The van der Waals surface area contributed by atoms with Crippen molar-refractivity contribution in [1.29, 1.82) is 0 Å². The van der Waals surface area contributed by atoms with E-state index in [0.717, 1.165) is 34.6 Å². The van der Waals surface area contributed by atoms with Gasteiger partial charge in [-0.15, -0.1) is 10.2 Å². The molecule has 0 saturated heterocycles. The highest BCUT2D eigenvalue weighted by Gasteiger charge is 2.31. The summed E-state index contributed by atoms with van der Waals surface area (Å²) in [5.74, 6) is 4.81. The first-order valence-electron chi connectivity index (χ1n) is 8.37. The lowest BCUT2D eigenvalue weighted by Gasteiger charge is -2.14. The summed E-state index contributed by atoms with van der Waals surface area (Å²) in [6.45, 7) is 1.50. The minimum atomic E-state index is -4.58. The van der Waals surface area contributed by atoms with Gasteiger partial charge >= 0.3 is 6.18 Å². The second-order valence-electron chi connectivity index (χ2n) is 6.10. The Morgan fingerprint density at radius 1 is 1.23 bits per heavy atom. The number of thioether (sulfide) groups is 1. The summed E-state index contributed by atoms with van der Waals surface area (Å²) in [5, 5.41) is 9.31. The maximum atomic E-state index is 14.0. The number of hydrogen-bond donors (Lipinski definition) is 2. The Labute approximate surface area is 177 Å². The van der Waals surface area contributed by atoms with Gasteiger partial charge in [0.25, 0.3) is 0 Å². The topological polar surface area (TPSA) is 85.8 Å². The zero-order chi connectivity index (χ0) is 22.1. The summed E-state index contributed by atoms with van der Waals surface area (Å²) < 4.78 is 53.6. The summed E-state index contributed by atoms with van der Waals surface area (Å²) in [6.07, 6.45) is -4.58. The van der Waals surface area contributed by atoms with E-state index < -0.39 is 28.7 Å². The van der Waals surface area contributed by atoms with Gasteiger partial charge in [-0.25, -0.2) is 9.07 Å². The van der Waals surface area contributed by atoms with Crippen LogP contribution in [0.25, 0.3) is 11.4 Å². The second-order valence-corrected chi connectivity index (χ2v) is 7.81. The number of benzene rings is 2. The Morgan fingerprint density at radius 3 is 2.60 bits per heavy atom. The summed E-state index contributed by atoms with van der Waals surface area (Å²) in [4.78, 5) is 12.4. The SMILES string of the molecule is CC(Sc1nnc(-c2ccccc2F)n1N)C(=O)Nc1cc(C(F)(F)F)ccc1Cl. The molecule has 3 N–H and O–H groups in total. The van der Waals surface area contributed by atoms with Crippen LogP contribution >= 0.6 is 23.4 Å². The van der Waals surface area contributed by atoms with Crippen LogP contribution in [-0.4, -0.2) is 26.0 Å².